The predicted molar refractivity (Wildman–Crippen MR) is 69.8 cm³/mol. The summed E-state index contributed by atoms with van der Waals surface area (Å²) in [6.45, 7) is 3.12. The molecule has 0 radical (unpaired) electrons. The minimum atomic E-state index is -0.897. The van der Waals surface area contributed by atoms with E-state index < -0.39 is 5.97 Å². The second-order valence-electron chi connectivity index (χ2n) is 4.49. The van der Waals surface area contributed by atoms with Crippen LogP contribution in [0.4, 0.5) is 0 Å². The van der Waals surface area contributed by atoms with Crippen molar-refractivity contribution >= 4 is 17.0 Å². The number of fused-ring (bicyclic) bond motifs is 1. The molecule has 0 unspecified atom stereocenters. The molecule has 0 spiro atoms. The van der Waals surface area contributed by atoms with Crippen LogP contribution in [-0.2, 0) is 13.1 Å². The van der Waals surface area contributed by atoms with Gasteiger partial charge in [-0.2, -0.15) is 0 Å². The lowest BCUT2D eigenvalue weighted by Gasteiger charge is -2.10. The molecule has 1 N–H and O–H groups in total. The Labute approximate surface area is 106 Å². The van der Waals surface area contributed by atoms with Crippen LogP contribution in [0.15, 0.2) is 18.3 Å². The zero-order valence-electron chi connectivity index (χ0n) is 10.8. The zero-order chi connectivity index (χ0) is 13.3. The molecule has 0 amide bonds. The summed E-state index contributed by atoms with van der Waals surface area (Å²) in [5.41, 5.74) is 1.92. The number of hydrogen-bond donors (Lipinski definition) is 1. The number of aromatic carboxylic acids is 1. The molecular weight excluding hydrogens is 230 g/mol. The van der Waals surface area contributed by atoms with Crippen LogP contribution in [0.25, 0.3) is 11.0 Å². The van der Waals surface area contributed by atoms with Crippen molar-refractivity contribution in [3.8, 4) is 0 Å². The number of hydrogen-bond acceptors (Lipinski definition) is 3. The molecule has 0 aromatic carbocycles. The van der Waals surface area contributed by atoms with Crippen LogP contribution in [0.1, 0.15) is 23.0 Å². The van der Waals surface area contributed by atoms with E-state index in [1.807, 2.05) is 38.1 Å². The van der Waals surface area contributed by atoms with E-state index in [1.54, 1.807) is 10.8 Å². The maximum atomic E-state index is 11.5. The van der Waals surface area contributed by atoms with E-state index in [1.165, 1.54) is 0 Å². The molecule has 5 nitrogen and oxygen atoms in total. The minimum Gasteiger partial charge on any atom is -0.477 e. The van der Waals surface area contributed by atoms with Gasteiger partial charge in [-0.15, -0.1) is 0 Å². The molecule has 96 valence electrons. The lowest BCUT2D eigenvalue weighted by Crippen LogP contribution is -2.15. The lowest BCUT2D eigenvalue weighted by atomic mass is 10.1. The van der Waals surface area contributed by atoms with Crippen LogP contribution in [-0.4, -0.2) is 39.6 Å². The SMILES string of the molecule is CCn1c(C(=O)O)c(CN(C)C)c2cccnc21. The summed E-state index contributed by atoms with van der Waals surface area (Å²) in [7, 11) is 3.86. The molecule has 0 saturated carbocycles. The topological polar surface area (TPSA) is 58.4 Å². The van der Waals surface area contributed by atoms with Gasteiger partial charge in [0, 0.05) is 30.2 Å². The molecule has 0 aliphatic carbocycles. The third-order valence-electron chi connectivity index (χ3n) is 2.92. The van der Waals surface area contributed by atoms with Crippen LogP contribution in [0.2, 0.25) is 0 Å². The highest BCUT2D eigenvalue weighted by Gasteiger charge is 2.22. The first-order chi connectivity index (χ1) is 8.56. The number of carboxylic acid groups (broad SMARTS) is 1. The van der Waals surface area contributed by atoms with Gasteiger partial charge in [-0.3, -0.25) is 0 Å². The van der Waals surface area contributed by atoms with Gasteiger partial charge in [-0.05, 0) is 33.2 Å². The van der Waals surface area contributed by atoms with Gasteiger partial charge < -0.3 is 14.6 Å². The predicted octanol–water partition coefficient (Wildman–Crippen LogP) is 1.82. The van der Waals surface area contributed by atoms with Gasteiger partial charge in [0.15, 0.2) is 0 Å². The third kappa shape index (κ3) is 1.97. The van der Waals surface area contributed by atoms with Crippen LogP contribution < -0.4 is 0 Å². The summed E-state index contributed by atoms with van der Waals surface area (Å²) in [6.07, 6.45) is 1.69. The van der Waals surface area contributed by atoms with Gasteiger partial charge in [0.05, 0.1) is 0 Å². The van der Waals surface area contributed by atoms with Gasteiger partial charge in [-0.1, -0.05) is 0 Å². The van der Waals surface area contributed by atoms with Crippen molar-refractivity contribution < 1.29 is 9.90 Å². The number of aryl methyl sites for hydroxylation is 1. The monoisotopic (exact) mass is 247 g/mol. The second kappa shape index (κ2) is 4.78. The normalized spacial score (nSPS) is 11.3. The molecule has 2 aromatic rings. The largest absolute Gasteiger partial charge is 0.477 e. The van der Waals surface area contributed by atoms with Gasteiger partial charge in [0.2, 0.25) is 0 Å². The fraction of sp³-hybridized carbons (Fsp3) is 0.385. The molecule has 0 aliphatic rings. The van der Waals surface area contributed by atoms with E-state index >= 15 is 0 Å². The van der Waals surface area contributed by atoms with Crippen molar-refractivity contribution in [3.05, 3.63) is 29.6 Å². The number of carboxylic acids is 1. The summed E-state index contributed by atoms with van der Waals surface area (Å²) >= 11 is 0. The molecule has 0 saturated heterocycles. The molecule has 0 atom stereocenters. The fourth-order valence-corrected chi connectivity index (χ4v) is 2.27. The van der Waals surface area contributed by atoms with Gasteiger partial charge >= 0.3 is 5.97 Å². The minimum absolute atomic E-state index is 0.347. The Morgan fingerprint density at radius 2 is 2.22 bits per heavy atom. The van der Waals surface area contributed by atoms with Crippen LogP contribution in [0.3, 0.4) is 0 Å². The molecule has 0 fully saturated rings. The van der Waals surface area contributed by atoms with Crippen molar-refractivity contribution in [1.29, 1.82) is 0 Å². The summed E-state index contributed by atoms with van der Waals surface area (Å²) in [6, 6.07) is 3.77. The number of pyridine rings is 1. The van der Waals surface area contributed by atoms with E-state index in [0.29, 0.717) is 18.8 Å². The van der Waals surface area contributed by atoms with Crippen molar-refractivity contribution in [3.63, 3.8) is 0 Å². The first-order valence-electron chi connectivity index (χ1n) is 5.90. The summed E-state index contributed by atoms with van der Waals surface area (Å²) < 4.78 is 1.76. The average molecular weight is 247 g/mol. The highest BCUT2D eigenvalue weighted by atomic mass is 16.4. The van der Waals surface area contributed by atoms with Gasteiger partial charge in [-0.25, -0.2) is 9.78 Å². The van der Waals surface area contributed by atoms with E-state index in [2.05, 4.69) is 4.98 Å². The van der Waals surface area contributed by atoms with Crippen molar-refractivity contribution in [1.82, 2.24) is 14.5 Å². The molecule has 2 rings (SSSR count). The van der Waals surface area contributed by atoms with Crippen LogP contribution in [0.5, 0.6) is 0 Å². The molecule has 2 aromatic heterocycles. The Bertz CT molecular complexity index is 587. The second-order valence-corrected chi connectivity index (χ2v) is 4.49. The van der Waals surface area contributed by atoms with E-state index in [0.717, 1.165) is 16.6 Å². The Morgan fingerprint density at radius 1 is 1.50 bits per heavy atom. The number of carbonyl (C=O) groups is 1. The Kier molecular flexibility index (Phi) is 3.34. The highest BCUT2D eigenvalue weighted by Crippen LogP contribution is 2.25. The van der Waals surface area contributed by atoms with Gasteiger partial charge in [0.25, 0.3) is 0 Å². The molecule has 5 heteroatoms. The number of nitrogens with zero attached hydrogens (tertiary/aromatic N) is 3. The molecule has 0 bridgehead atoms. The van der Waals surface area contributed by atoms with Crippen molar-refractivity contribution in [2.45, 2.75) is 20.0 Å². The van der Waals surface area contributed by atoms with Crippen molar-refractivity contribution in [2.24, 2.45) is 0 Å². The van der Waals surface area contributed by atoms with Crippen LogP contribution in [0, 0.1) is 0 Å². The fourth-order valence-electron chi connectivity index (χ4n) is 2.27. The highest BCUT2D eigenvalue weighted by molar-refractivity contribution is 5.97. The zero-order valence-corrected chi connectivity index (χ0v) is 10.8. The quantitative estimate of drug-likeness (QED) is 0.895. The summed E-state index contributed by atoms with van der Waals surface area (Å²) in [5.74, 6) is -0.897. The molecule has 18 heavy (non-hydrogen) atoms. The molecule has 0 aliphatic heterocycles. The first kappa shape index (κ1) is 12.6. The third-order valence-corrected chi connectivity index (χ3v) is 2.92. The number of rotatable bonds is 4. The van der Waals surface area contributed by atoms with E-state index in [4.69, 9.17) is 0 Å². The Balaban J connectivity index is 2.78. The van der Waals surface area contributed by atoms with E-state index in [-0.39, 0.29) is 0 Å². The Morgan fingerprint density at radius 3 is 2.78 bits per heavy atom. The average Bonchev–Trinajstić information content (AvgIpc) is 2.63. The smallest absolute Gasteiger partial charge is 0.352 e. The number of aromatic nitrogens is 2. The molecular formula is C13H17N3O2. The first-order valence-corrected chi connectivity index (χ1v) is 5.90. The van der Waals surface area contributed by atoms with Crippen molar-refractivity contribution in [2.75, 3.05) is 14.1 Å². The summed E-state index contributed by atoms with van der Waals surface area (Å²) in [5, 5.41) is 10.3. The maximum absolute atomic E-state index is 11.5. The van der Waals surface area contributed by atoms with E-state index in [9.17, 15) is 9.90 Å². The van der Waals surface area contributed by atoms with Gasteiger partial charge in [0.1, 0.15) is 11.3 Å². The lowest BCUT2D eigenvalue weighted by molar-refractivity contribution is 0.0683. The molecule has 2 heterocycles. The van der Waals surface area contributed by atoms with Crippen LogP contribution >= 0.6 is 0 Å². The Hall–Kier alpha value is -1.88. The standard InChI is InChI=1S/C13H17N3O2/c1-4-16-11(13(17)18)10(8-15(2)3)9-6-5-7-14-12(9)16/h5-7H,4,8H2,1-3H3,(H,17,18). The summed E-state index contributed by atoms with van der Waals surface area (Å²) in [4.78, 5) is 17.8. The maximum Gasteiger partial charge on any atom is 0.352 e.